The van der Waals surface area contributed by atoms with Gasteiger partial charge in [0.2, 0.25) is 11.8 Å². The molecule has 0 bridgehead atoms. The fourth-order valence-electron chi connectivity index (χ4n) is 6.65. The second-order valence-electron chi connectivity index (χ2n) is 11.8. The molecule has 9 nitrogen and oxygen atoms in total. The summed E-state index contributed by atoms with van der Waals surface area (Å²) in [5.74, 6) is 1.86. The molecule has 0 unspecified atom stereocenters. The lowest BCUT2D eigenvalue weighted by Gasteiger charge is -2.36. The zero-order valence-corrected chi connectivity index (χ0v) is 25.3. The molecule has 3 aromatic rings. The molecule has 3 saturated heterocycles. The predicted octanol–water partition coefficient (Wildman–Crippen LogP) is 5.85. The van der Waals surface area contributed by atoms with Gasteiger partial charge in [-0.05, 0) is 94.0 Å². The summed E-state index contributed by atoms with van der Waals surface area (Å²) in [6, 6.07) is 10.0. The number of halogens is 2. The number of ether oxygens (including phenoxy) is 1. The minimum atomic E-state index is -0.725. The van der Waals surface area contributed by atoms with Crippen LogP contribution in [0.1, 0.15) is 37.7 Å². The molecule has 6 rings (SSSR count). The summed E-state index contributed by atoms with van der Waals surface area (Å²) in [5.41, 5.74) is 2.53. The SMILES string of the molecule is CN1CC[C@H]2CN(c3ncc(Oc4cc(CN5CCC(CC(=O)O)CC5)cc(-c5cc(Cl)cc(Cl)c5)n4)cn3)CC[C@@H]21. The summed E-state index contributed by atoms with van der Waals surface area (Å²) < 4.78 is 6.21. The lowest BCUT2D eigenvalue weighted by atomic mass is 9.93. The number of anilines is 1. The highest BCUT2D eigenvalue weighted by molar-refractivity contribution is 6.35. The molecule has 3 aliphatic rings. The van der Waals surface area contributed by atoms with Gasteiger partial charge < -0.3 is 19.6 Å². The van der Waals surface area contributed by atoms with Crippen molar-refractivity contribution in [3.63, 3.8) is 0 Å². The Hall–Kier alpha value is -2.98. The van der Waals surface area contributed by atoms with Gasteiger partial charge in [-0.25, -0.2) is 15.0 Å². The topological polar surface area (TPSA) is 94.9 Å². The van der Waals surface area contributed by atoms with E-state index in [-0.39, 0.29) is 12.3 Å². The zero-order chi connectivity index (χ0) is 29.2. The first-order valence-corrected chi connectivity index (χ1v) is 15.4. The van der Waals surface area contributed by atoms with Gasteiger partial charge in [-0.2, -0.15) is 0 Å². The Morgan fingerprint density at radius 1 is 0.976 bits per heavy atom. The number of aliphatic carboxylic acids is 1. The van der Waals surface area contributed by atoms with Crippen LogP contribution in [0.5, 0.6) is 11.6 Å². The Kier molecular flexibility index (Phi) is 8.81. The van der Waals surface area contributed by atoms with E-state index in [1.54, 1.807) is 18.5 Å². The number of benzene rings is 1. The van der Waals surface area contributed by atoms with Gasteiger partial charge in [-0.15, -0.1) is 0 Å². The lowest BCUT2D eigenvalue weighted by molar-refractivity contribution is -0.138. The van der Waals surface area contributed by atoms with E-state index in [9.17, 15) is 4.79 Å². The van der Waals surface area contributed by atoms with Crippen LogP contribution in [0.15, 0.2) is 42.7 Å². The normalized spacial score (nSPS) is 21.8. The summed E-state index contributed by atoms with van der Waals surface area (Å²) >= 11 is 12.6. The number of aromatic nitrogens is 3. The van der Waals surface area contributed by atoms with E-state index >= 15 is 0 Å². The molecule has 5 heterocycles. The third kappa shape index (κ3) is 6.97. The molecule has 3 fully saturated rings. The highest BCUT2D eigenvalue weighted by Crippen LogP contribution is 2.33. The number of fused-ring (bicyclic) bond motifs is 1. The van der Waals surface area contributed by atoms with Crippen molar-refractivity contribution < 1.29 is 14.6 Å². The van der Waals surface area contributed by atoms with E-state index in [1.807, 2.05) is 24.3 Å². The zero-order valence-electron chi connectivity index (χ0n) is 23.8. The molecule has 0 amide bonds. The molecular formula is C31H36Cl2N6O3. The average molecular weight is 612 g/mol. The van der Waals surface area contributed by atoms with E-state index in [1.165, 1.54) is 6.42 Å². The Balaban J connectivity index is 1.19. The van der Waals surface area contributed by atoms with Crippen molar-refractivity contribution in [1.82, 2.24) is 24.8 Å². The molecule has 1 N–H and O–H groups in total. The molecule has 42 heavy (non-hydrogen) atoms. The fraction of sp³-hybridized carbons (Fsp3) is 0.484. The Bertz CT molecular complexity index is 1400. The first-order valence-electron chi connectivity index (χ1n) is 14.7. The Morgan fingerprint density at radius 3 is 2.43 bits per heavy atom. The number of hydrogen-bond acceptors (Lipinski definition) is 8. The molecular weight excluding hydrogens is 575 g/mol. The van der Waals surface area contributed by atoms with Gasteiger partial charge >= 0.3 is 5.97 Å². The number of carboxylic acids is 1. The number of hydrogen-bond donors (Lipinski definition) is 1. The molecule has 3 aliphatic heterocycles. The maximum absolute atomic E-state index is 11.1. The summed E-state index contributed by atoms with van der Waals surface area (Å²) in [5, 5.41) is 10.2. The van der Waals surface area contributed by atoms with Crippen LogP contribution in [-0.4, -0.2) is 81.6 Å². The van der Waals surface area contributed by atoms with Crippen LogP contribution < -0.4 is 9.64 Å². The summed E-state index contributed by atoms with van der Waals surface area (Å²) in [6.45, 7) is 5.49. The number of likely N-dealkylation sites (tertiary alicyclic amines) is 2. The maximum Gasteiger partial charge on any atom is 0.303 e. The lowest BCUT2D eigenvalue weighted by Crippen LogP contribution is -2.45. The highest BCUT2D eigenvalue weighted by Gasteiger charge is 2.37. The maximum atomic E-state index is 11.1. The number of carboxylic acid groups (broad SMARTS) is 1. The average Bonchev–Trinajstić information content (AvgIpc) is 3.33. The highest BCUT2D eigenvalue weighted by atomic mass is 35.5. The molecule has 222 valence electrons. The fourth-order valence-corrected chi connectivity index (χ4v) is 7.18. The van der Waals surface area contributed by atoms with Gasteiger partial charge in [-0.3, -0.25) is 9.69 Å². The van der Waals surface area contributed by atoms with Crippen molar-refractivity contribution >= 4 is 35.1 Å². The molecule has 2 atom stereocenters. The molecule has 0 spiro atoms. The Labute approximate surface area is 256 Å². The van der Waals surface area contributed by atoms with Gasteiger partial charge in [0.1, 0.15) is 0 Å². The van der Waals surface area contributed by atoms with Crippen molar-refractivity contribution in [2.75, 3.05) is 44.7 Å². The van der Waals surface area contributed by atoms with Crippen LogP contribution in [0.4, 0.5) is 5.95 Å². The van der Waals surface area contributed by atoms with Crippen molar-refractivity contribution in [1.29, 1.82) is 0 Å². The van der Waals surface area contributed by atoms with Crippen LogP contribution >= 0.6 is 23.2 Å². The van der Waals surface area contributed by atoms with Crippen molar-refractivity contribution in [3.8, 4) is 22.9 Å². The van der Waals surface area contributed by atoms with E-state index in [0.29, 0.717) is 45.9 Å². The largest absolute Gasteiger partial charge is 0.481 e. The van der Waals surface area contributed by atoms with Crippen LogP contribution in [0, 0.1) is 11.8 Å². The van der Waals surface area contributed by atoms with Gasteiger partial charge in [0, 0.05) is 53.8 Å². The summed E-state index contributed by atoms with van der Waals surface area (Å²) in [7, 11) is 2.22. The minimum absolute atomic E-state index is 0.230. The smallest absolute Gasteiger partial charge is 0.303 e. The van der Waals surface area contributed by atoms with E-state index < -0.39 is 5.97 Å². The number of piperidine rings is 2. The number of rotatable bonds is 8. The van der Waals surface area contributed by atoms with Gasteiger partial charge in [0.25, 0.3) is 0 Å². The second kappa shape index (κ2) is 12.7. The standard InChI is InChI=1S/C31H36Cl2N6O3/c1-37-6-4-22-19-39(9-5-28(22)37)31-34-16-26(17-35-31)42-29-11-21(18-38-7-2-20(3-8-38)12-30(40)41)10-27(36-29)23-13-24(32)15-25(33)14-23/h10-11,13-17,20,22,28H,2-9,12,18-19H2,1H3,(H,40,41)/t22-,28-/m0/s1. The Morgan fingerprint density at radius 2 is 1.71 bits per heavy atom. The molecule has 0 radical (unpaired) electrons. The molecule has 1 aromatic carbocycles. The first kappa shape index (κ1) is 29.1. The van der Waals surface area contributed by atoms with Crippen LogP contribution in [-0.2, 0) is 11.3 Å². The summed E-state index contributed by atoms with van der Waals surface area (Å²) in [4.78, 5) is 32.3. The van der Waals surface area contributed by atoms with E-state index in [4.69, 9.17) is 38.0 Å². The number of nitrogens with zero attached hydrogens (tertiary/aromatic N) is 6. The van der Waals surface area contributed by atoms with E-state index in [2.05, 4.69) is 31.7 Å². The molecule has 0 aliphatic carbocycles. The van der Waals surface area contributed by atoms with Crippen LogP contribution in [0.2, 0.25) is 10.0 Å². The molecule has 0 saturated carbocycles. The van der Waals surface area contributed by atoms with Gasteiger partial charge in [-0.1, -0.05) is 23.2 Å². The van der Waals surface area contributed by atoms with Crippen LogP contribution in [0.3, 0.4) is 0 Å². The van der Waals surface area contributed by atoms with Crippen molar-refractivity contribution in [3.05, 3.63) is 58.3 Å². The minimum Gasteiger partial charge on any atom is -0.481 e. The predicted molar refractivity (Wildman–Crippen MR) is 163 cm³/mol. The van der Waals surface area contributed by atoms with Gasteiger partial charge in [0.15, 0.2) is 5.75 Å². The van der Waals surface area contributed by atoms with Crippen LogP contribution in [0.25, 0.3) is 11.3 Å². The first-order chi connectivity index (χ1) is 20.3. The second-order valence-corrected chi connectivity index (χ2v) is 12.7. The monoisotopic (exact) mass is 610 g/mol. The van der Waals surface area contributed by atoms with Crippen molar-refractivity contribution in [2.24, 2.45) is 11.8 Å². The number of carbonyl (C=O) groups is 1. The molecule has 2 aromatic heterocycles. The summed E-state index contributed by atoms with van der Waals surface area (Å²) in [6.07, 6.45) is 7.76. The molecule has 11 heteroatoms. The van der Waals surface area contributed by atoms with E-state index in [0.717, 1.165) is 69.1 Å². The quantitative estimate of drug-likeness (QED) is 0.336. The number of pyridine rings is 1. The third-order valence-corrected chi connectivity index (χ3v) is 9.27. The third-order valence-electron chi connectivity index (χ3n) is 8.83. The van der Waals surface area contributed by atoms with Crippen molar-refractivity contribution in [2.45, 2.75) is 44.7 Å². The van der Waals surface area contributed by atoms with Gasteiger partial charge in [0.05, 0.1) is 18.1 Å².